The van der Waals surface area contributed by atoms with Crippen molar-refractivity contribution < 1.29 is 18.4 Å². The van der Waals surface area contributed by atoms with Crippen molar-refractivity contribution >= 4 is 34.4 Å². The van der Waals surface area contributed by atoms with E-state index in [1.807, 2.05) is 0 Å². The molecule has 0 saturated carbocycles. The van der Waals surface area contributed by atoms with Gasteiger partial charge in [0.25, 0.3) is 5.69 Å². The zero-order chi connectivity index (χ0) is 18.9. The summed E-state index contributed by atoms with van der Waals surface area (Å²) < 4.78 is 28.4. The number of ether oxygens (including phenoxy) is 1. The van der Waals surface area contributed by atoms with E-state index in [4.69, 9.17) is 12.2 Å². The fourth-order valence-electron chi connectivity index (χ4n) is 1.98. The highest BCUT2D eigenvalue weighted by Crippen LogP contribution is 2.17. The molecule has 0 fully saturated rings. The Kier molecular flexibility index (Phi) is 7.03. The third-order valence-corrected chi connectivity index (χ3v) is 3.40. The number of nitro benzene ring substituents is 1. The molecule has 0 atom stereocenters. The molecular formula is C16H16F2N4O3S. The minimum Gasteiger partial charge on any atom is -0.435 e. The fraction of sp³-hybridized carbons (Fsp3) is 0.188. The third-order valence-electron chi connectivity index (χ3n) is 3.16. The van der Waals surface area contributed by atoms with Crippen LogP contribution >= 0.6 is 12.2 Å². The Labute approximate surface area is 153 Å². The van der Waals surface area contributed by atoms with Crippen molar-refractivity contribution in [2.45, 2.75) is 6.61 Å². The van der Waals surface area contributed by atoms with Crippen LogP contribution in [0.2, 0.25) is 0 Å². The number of nitrogens with zero attached hydrogens (tertiary/aromatic N) is 1. The van der Waals surface area contributed by atoms with E-state index in [0.29, 0.717) is 23.9 Å². The molecule has 2 aromatic rings. The van der Waals surface area contributed by atoms with Crippen molar-refractivity contribution in [3.8, 4) is 5.75 Å². The lowest BCUT2D eigenvalue weighted by molar-refractivity contribution is -0.384. The van der Waals surface area contributed by atoms with Crippen LogP contribution in [0, 0.1) is 10.1 Å². The van der Waals surface area contributed by atoms with Crippen LogP contribution in [0.15, 0.2) is 48.5 Å². The van der Waals surface area contributed by atoms with Gasteiger partial charge in [-0.15, -0.1) is 0 Å². The van der Waals surface area contributed by atoms with E-state index < -0.39 is 11.5 Å². The van der Waals surface area contributed by atoms with Crippen molar-refractivity contribution in [1.82, 2.24) is 5.32 Å². The summed E-state index contributed by atoms with van der Waals surface area (Å²) in [6.07, 6.45) is 0. The van der Waals surface area contributed by atoms with Gasteiger partial charge in [-0.1, -0.05) is 0 Å². The highest BCUT2D eigenvalue weighted by Gasteiger charge is 2.05. The molecule has 2 rings (SSSR count). The van der Waals surface area contributed by atoms with E-state index in [1.165, 1.54) is 24.3 Å². The van der Waals surface area contributed by atoms with Gasteiger partial charge in [0.15, 0.2) is 5.11 Å². The van der Waals surface area contributed by atoms with Crippen molar-refractivity contribution in [1.29, 1.82) is 0 Å². The molecule has 0 radical (unpaired) electrons. The van der Waals surface area contributed by atoms with Crippen molar-refractivity contribution in [3.05, 3.63) is 58.6 Å². The molecule has 0 aromatic heterocycles. The first-order valence-electron chi connectivity index (χ1n) is 7.52. The summed E-state index contributed by atoms with van der Waals surface area (Å²) in [4.78, 5) is 10.1. The number of nitrogens with one attached hydrogen (secondary N) is 3. The monoisotopic (exact) mass is 382 g/mol. The molecule has 0 unspecified atom stereocenters. The van der Waals surface area contributed by atoms with Gasteiger partial charge in [0, 0.05) is 36.6 Å². The number of hydrogen-bond acceptors (Lipinski definition) is 5. The average molecular weight is 382 g/mol. The number of alkyl halides is 2. The number of rotatable bonds is 8. The van der Waals surface area contributed by atoms with E-state index in [1.54, 1.807) is 24.3 Å². The molecule has 0 aliphatic rings. The number of anilines is 2. The maximum Gasteiger partial charge on any atom is 0.387 e. The third kappa shape index (κ3) is 6.48. The maximum atomic E-state index is 12.1. The van der Waals surface area contributed by atoms with Crippen LogP contribution in [-0.2, 0) is 0 Å². The van der Waals surface area contributed by atoms with Crippen LogP contribution < -0.4 is 20.7 Å². The molecule has 0 aliphatic carbocycles. The summed E-state index contributed by atoms with van der Waals surface area (Å²) in [5.41, 5.74) is 1.42. The molecule has 10 heteroatoms. The lowest BCUT2D eigenvalue weighted by Gasteiger charge is -2.12. The smallest absolute Gasteiger partial charge is 0.387 e. The molecular weight excluding hydrogens is 366 g/mol. The van der Waals surface area contributed by atoms with Gasteiger partial charge in [-0.05, 0) is 48.6 Å². The van der Waals surface area contributed by atoms with Gasteiger partial charge < -0.3 is 20.7 Å². The minimum atomic E-state index is -2.86. The number of thiocarbonyl (C=S) groups is 1. The van der Waals surface area contributed by atoms with Crippen LogP contribution in [-0.4, -0.2) is 29.7 Å². The Bertz CT molecular complexity index is 742. The predicted octanol–water partition coefficient (Wildman–Crippen LogP) is 3.59. The number of benzene rings is 2. The number of nitro groups is 1. The summed E-state index contributed by atoms with van der Waals surface area (Å²) in [5, 5.41) is 19.9. The molecule has 0 spiro atoms. The Morgan fingerprint density at radius 3 is 2.27 bits per heavy atom. The Morgan fingerprint density at radius 1 is 1.08 bits per heavy atom. The Balaban J connectivity index is 1.69. The van der Waals surface area contributed by atoms with Gasteiger partial charge in [0.2, 0.25) is 0 Å². The van der Waals surface area contributed by atoms with Gasteiger partial charge in [-0.3, -0.25) is 10.1 Å². The fourth-order valence-corrected chi connectivity index (χ4v) is 2.20. The number of hydrogen-bond donors (Lipinski definition) is 3. The van der Waals surface area contributed by atoms with Crippen molar-refractivity contribution in [2.24, 2.45) is 0 Å². The summed E-state index contributed by atoms with van der Waals surface area (Å²) >= 11 is 5.14. The second kappa shape index (κ2) is 9.47. The van der Waals surface area contributed by atoms with Crippen LogP contribution in [0.1, 0.15) is 0 Å². The first-order chi connectivity index (χ1) is 12.4. The SMILES string of the molecule is O=[N+]([O-])c1ccc(NCCNC(=S)Nc2ccc(OC(F)F)cc2)cc1. The molecule has 0 heterocycles. The van der Waals surface area contributed by atoms with Crippen molar-refractivity contribution in [3.63, 3.8) is 0 Å². The van der Waals surface area contributed by atoms with Crippen LogP contribution in [0.25, 0.3) is 0 Å². The molecule has 2 aromatic carbocycles. The summed E-state index contributed by atoms with van der Waals surface area (Å²) in [6.45, 7) is -1.81. The lowest BCUT2D eigenvalue weighted by atomic mass is 10.3. The van der Waals surface area contributed by atoms with Gasteiger partial charge in [0.1, 0.15) is 5.75 Å². The van der Waals surface area contributed by atoms with E-state index in [2.05, 4.69) is 20.7 Å². The standard InChI is InChI=1S/C16H16F2N4O3S/c17-15(18)25-14-7-3-12(4-8-14)21-16(26)20-10-9-19-11-1-5-13(6-2-11)22(23)24/h1-8,15,19H,9-10H2,(H2,20,21,26). The van der Waals surface area contributed by atoms with E-state index >= 15 is 0 Å². The van der Waals surface area contributed by atoms with Gasteiger partial charge in [0.05, 0.1) is 4.92 Å². The molecule has 3 N–H and O–H groups in total. The summed E-state index contributed by atoms with van der Waals surface area (Å²) in [5.74, 6) is 0.0664. The van der Waals surface area contributed by atoms with Gasteiger partial charge >= 0.3 is 6.61 Å². The van der Waals surface area contributed by atoms with Crippen LogP contribution in [0.3, 0.4) is 0 Å². The van der Waals surface area contributed by atoms with Crippen molar-refractivity contribution in [2.75, 3.05) is 23.7 Å². The quantitative estimate of drug-likeness (QED) is 0.278. The highest BCUT2D eigenvalue weighted by atomic mass is 32.1. The topological polar surface area (TPSA) is 88.5 Å². The second-order valence-electron chi connectivity index (χ2n) is 5.01. The largest absolute Gasteiger partial charge is 0.435 e. The molecule has 7 nitrogen and oxygen atoms in total. The summed E-state index contributed by atoms with van der Waals surface area (Å²) in [7, 11) is 0. The maximum absolute atomic E-state index is 12.1. The summed E-state index contributed by atoms with van der Waals surface area (Å²) in [6, 6.07) is 12.0. The van der Waals surface area contributed by atoms with Crippen LogP contribution in [0.4, 0.5) is 25.8 Å². The Morgan fingerprint density at radius 2 is 1.69 bits per heavy atom. The first kappa shape index (κ1) is 19.3. The lowest BCUT2D eigenvalue weighted by Crippen LogP contribution is -2.32. The molecule has 26 heavy (non-hydrogen) atoms. The molecule has 0 bridgehead atoms. The van der Waals surface area contributed by atoms with Crippen LogP contribution in [0.5, 0.6) is 5.75 Å². The average Bonchev–Trinajstić information content (AvgIpc) is 2.60. The normalized spacial score (nSPS) is 10.3. The minimum absolute atomic E-state index is 0.0315. The van der Waals surface area contributed by atoms with Gasteiger partial charge in [-0.2, -0.15) is 8.78 Å². The van der Waals surface area contributed by atoms with Gasteiger partial charge in [-0.25, -0.2) is 0 Å². The molecule has 0 aliphatic heterocycles. The Hall–Kier alpha value is -3.01. The predicted molar refractivity (Wildman–Crippen MR) is 98.9 cm³/mol. The molecule has 0 saturated heterocycles. The molecule has 138 valence electrons. The number of non-ortho nitro benzene ring substituents is 1. The van der Waals surface area contributed by atoms with E-state index in [0.717, 1.165) is 5.69 Å². The highest BCUT2D eigenvalue weighted by molar-refractivity contribution is 7.80. The van der Waals surface area contributed by atoms with E-state index in [-0.39, 0.29) is 11.4 Å². The number of halogens is 2. The zero-order valence-electron chi connectivity index (χ0n) is 13.4. The zero-order valence-corrected chi connectivity index (χ0v) is 14.3. The van der Waals surface area contributed by atoms with E-state index in [9.17, 15) is 18.9 Å². The first-order valence-corrected chi connectivity index (χ1v) is 7.93. The second-order valence-corrected chi connectivity index (χ2v) is 5.42. The molecule has 0 amide bonds.